The fourth-order valence-corrected chi connectivity index (χ4v) is 3.45. The maximum atomic E-state index is 12.3. The van der Waals surface area contributed by atoms with Crippen LogP contribution in [-0.4, -0.2) is 53.3 Å². The van der Waals surface area contributed by atoms with Gasteiger partial charge in [-0.1, -0.05) is 18.2 Å². The van der Waals surface area contributed by atoms with Crippen LogP contribution in [0.1, 0.15) is 6.42 Å². The summed E-state index contributed by atoms with van der Waals surface area (Å²) in [6.07, 6.45) is 0.826. The summed E-state index contributed by atoms with van der Waals surface area (Å²) < 4.78 is 10.9. The lowest BCUT2D eigenvalue weighted by atomic mass is 10.3. The number of urea groups is 1. The molecular formula is C15H27N3O3Si. The standard InChI is InChI=1S/C15H27N3O3Si/c1-20-22(3,21-2)13-7-11-18(12-10-16)15(19)17-14-8-5-4-6-9-14/h4-6,8-9H,7,10-13,16H2,1-3H3,(H,17,19). The van der Waals surface area contributed by atoms with Crippen LogP contribution in [0.2, 0.25) is 12.6 Å². The van der Waals surface area contributed by atoms with Crippen molar-refractivity contribution in [2.75, 3.05) is 39.2 Å². The van der Waals surface area contributed by atoms with Gasteiger partial charge in [-0.2, -0.15) is 0 Å². The molecule has 22 heavy (non-hydrogen) atoms. The van der Waals surface area contributed by atoms with Gasteiger partial charge in [0.15, 0.2) is 0 Å². The molecule has 0 atom stereocenters. The molecule has 0 spiro atoms. The Kier molecular flexibility index (Phi) is 8.11. The van der Waals surface area contributed by atoms with Crippen molar-refractivity contribution < 1.29 is 13.6 Å². The average Bonchev–Trinajstić information content (AvgIpc) is 2.54. The van der Waals surface area contributed by atoms with Crippen LogP contribution in [0.25, 0.3) is 0 Å². The number of carbonyl (C=O) groups is 1. The van der Waals surface area contributed by atoms with Crippen LogP contribution < -0.4 is 11.1 Å². The molecule has 0 saturated heterocycles. The number of nitrogens with two attached hydrogens (primary N) is 1. The number of anilines is 1. The molecule has 7 heteroatoms. The molecule has 0 aliphatic heterocycles. The van der Waals surface area contributed by atoms with Crippen molar-refractivity contribution in [1.29, 1.82) is 0 Å². The summed E-state index contributed by atoms with van der Waals surface area (Å²) in [5, 5.41) is 2.88. The first-order valence-corrected chi connectivity index (χ1v) is 9.98. The lowest BCUT2D eigenvalue weighted by Crippen LogP contribution is -2.41. The fraction of sp³-hybridized carbons (Fsp3) is 0.533. The Morgan fingerprint density at radius 2 is 1.86 bits per heavy atom. The third-order valence-electron chi connectivity index (χ3n) is 3.63. The van der Waals surface area contributed by atoms with E-state index in [1.807, 2.05) is 36.9 Å². The molecular weight excluding hydrogens is 298 g/mol. The first-order chi connectivity index (χ1) is 10.5. The highest BCUT2D eigenvalue weighted by Gasteiger charge is 2.28. The fourth-order valence-electron chi connectivity index (χ4n) is 2.07. The molecule has 0 radical (unpaired) electrons. The molecule has 0 aromatic heterocycles. The van der Waals surface area contributed by atoms with Crippen molar-refractivity contribution in [3.05, 3.63) is 30.3 Å². The van der Waals surface area contributed by atoms with E-state index in [4.69, 9.17) is 14.6 Å². The highest BCUT2D eigenvalue weighted by molar-refractivity contribution is 6.65. The van der Waals surface area contributed by atoms with Gasteiger partial charge in [-0.3, -0.25) is 0 Å². The van der Waals surface area contributed by atoms with Crippen molar-refractivity contribution in [3.8, 4) is 0 Å². The summed E-state index contributed by atoms with van der Waals surface area (Å²) in [6.45, 7) is 3.61. The first-order valence-electron chi connectivity index (χ1n) is 7.46. The topological polar surface area (TPSA) is 76.8 Å². The summed E-state index contributed by atoms with van der Waals surface area (Å²) in [5.41, 5.74) is 6.39. The number of para-hydroxylation sites is 1. The van der Waals surface area contributed by atoms with Gasteiger partial charge in [-0.15, -0.1) is 0 Å². The van der Waals surface area contributed by atoms with Crippen LogP contribution in [0.5, 0.6) is 0 Å². The number of hydrogen-bond acceptors (Lipinski definition) is 4. The van der Waals surface area contributed by atoms with Gasteiger partial charge in [0.05, 0.1) is 0 Å². The SMILES string of the molecule is CO[Si](C)(CCCN(CCN)C(=O)Nc1ccccc1)OC. The zero-order valence-corrected chi connectivity index (χ0v) is 14.7. The minimum Gasteiger partial charge on any atom is -0.398 e. The van der Waals surface area contributed by atoms with Gasteiger partial charge < -0.3 is 24.8 Å². The monoisotopic (exact) mass is 325 g/mol. The first kappa shape index (κ1) is 18.6. The zero-order chi connectivity index (χ0) is 16.4. The number of hydrogen-bond donors (Lipinski definition) is 2. The highest BCUT2D eigenvalue weighted by Crippen LogP contribution is 2.14. The Bertz CT molecular complexity index is 441. The van der Waals surface area contributed by atoms with E-state index < -0.39 is 8.56 Å². The van der Waals surface area contributed by atoms with Crippen molar-refractivity contribution in [2.24, 2.45) is 5.73 Å². The van der Waals surface area contributed by atoms with Crippen LogP contribution >= 0.6 is 0 Å². The van der Waals surface area contributed by atoms with E-state index in [9.17, 15) is 4.79 Å². The van der Waals surface area contributed by atoms with Crippen molar-refractivity contribution >= 4 is 20.3 Å². The molecule has 1 aromatic rings. The second-order valence-electron chi connectivity index (χ2n) is 5.22. The molecule has 3 N–H and O–H groups in total. The van der Waals surface area contributed by atoms with Crippen LogP contribution in [0, 0.1) is 0 Å². The van der Waals surface area contributed by atoms with E-state index in [-0.39, 0.29) is 6.03 Å². The summed E-state index contributed by atoms with van der Waals surface area (Å²) in [4.78, 5) is 14.0. The van der Waals surface area contributed by atoms with Crippen LogP contribution in [0.4, 0.5) is 10.5 Å². The molecule has 0 saturated carbocycles. The number of rotatable bonds is 9. The molecule has 0 heterocycles. The molecule has 1 rings (SSSR count). The Hall–Kier alpha value is -1.41. The van der Waals surface area contributed by atoms with Gasteiger partial charge in [-0.25, -0.2) is 4.79 Å². The number of benzene rings is 1. The molecule has 1 aromatic carbocycles. The van der Waals surface area contributed by atoms with Gasteiger partial charge in [0.1, 0.15) is 0 Å². The normalized spacial score (nSPS) is 11.3. The number of nitrogens with zero attached hydrogens (tertiary/aromatic N) is 1. The third kappa shape index (κ3) is 6.14. The Balaban J connectivity index is 2.52. The molecule has 2 amide bonds. The van der Waals surface area contributed by atoms with Gasteiger partial charge in [0.2, 0.25) is 0 Å². The van der Waals surface area contributed by atoms with E-state index in [2.05, 4.69) is 5.32 Å². The molecule has 0 unspecified atom stereocenters. The molecule has 0 fully saturated rings. The molecule has 0 bridgehead atoms. The number of amides is 2. The van der Waals surface area contributed by atoms with Crippen molar-refractivity contribution in [1.82, 2.24) is 4.90 Å². The molecule has 0 aliphatic carbocycles. The Morgan fingerprint density at radius 3 is 2.41 bits per heavy atom. The van der Waals surface area contributed by atoms with Crippen molar-refractivity contribution in [2.45, 2.75) is 19.0 Å². The van der Waals surface area contributed by atoms with Gasteiger partial charge in [-0.05, 0) is 31.1 Å². The van der Waals surface area contributed by atoms with Gasteiger partial charge >= 0.3 is 14.6 Å². The van der Waals surface area contributed by atoms with Crippen LogP contribution in [-0.2, 0) is 8.85 Å². The second kappa shape index (κ2) is 9.57. The lowest BCUT2D eigenvalue weighted by Gasteiger charge is -2.26. The van der Waals surface area contributed by atoms with Gasteiger partial charge in [0.25, 0.3) is 0 Å². The highest BCUT2D eigenvalue weighted by atomic mass is 28.4. The second-order valence-corrected chi connectivity index (χ2v) is 8.80. The molecule has 6 nitrogen and oxygen atoms in total. The summed E-state index contributed by atoms with van der Waals surface area (Å²) in [7, 11) is 1.27. The minimum absolute atomic E-state index is 0.130. The maximum Gasteiger partial charge on any atom is 0.334 e. The zero-order valence-electron chi connectivity index (χ0n) is 13.7. The van der Waals surface area contributed by atoms with Crippen LogP contribution in [0.15, 0.2) is 30.3 Å². The van der Waals surface area contributed by atoms with E-state index in [1.165, 1.54) is 0 Å². The Morgan fingerprint density at radius 1 is 1.23 bits per heavy atom. The van der Waals surface area contributed by atoms with E-state index in [0.29, 0.717) is 19.6 Å². The van der Waals surface area contributed by atoms with E-state index in [1.54, 1.807) is 19.1 Å². The largest absolute Gasteiger partial charge is 0.398 e. The van der Waals surface area contributed by atoms with Crippen LogP contribution in [0.3, 0.4) is 0 Å². The summed E-state index contributed by atoms with van der Waals surface area (Å²) >= 11 is 0. The molecule has 124 valence electrons. The lowest BCUT2D eigenvalue weighted by molar-refractivity contribution is 0.210. The summed E-state index contributed by atoms with van der Waals surface area (Å²) in [6, 6.07) is 10.1. The predicted octanol–water partition coefficient (Wildman–Crippen LogP) is 2.23. The average molecular weight is 325 g/mol. The summed E-state index contributed by atoms with van der Waals surface area (Å²) in [5.74, 6) is 0. The number of nitrogens with one attached hydrogen (secondary N) is 1. The quantitative estimate of drug-likeness (QED) is 0.683. The smallest absolute Gasteiger partial charge is 0.334 e. The van der Waals surface area contributed by atoms with Gasteiger partial charge in [0, 0.05) is 39.5 Å². The van der Waals surface area contributed by atoms with E-state index >= 15 is 0 Å². The molecule has 0 aliphatic rings. The predicted molar refractivity (Wildman–Crippen MR) is 91.1 cm³/mol. The number of carbonyl (C=O) groups excluding carboxylic acids is 1. The van der Waals surface area contributed by atoms with E-state index in [0.717, 1.165) is 18.2 Å². The maximum absolute atomic E-state index is 12.3. The Labute approximate surface area is 133 Å². The minimum atomic E-state index is -2.09. The van der Waals surface area contributed by atoms with Crippen molar-refractivity contribution in [3.63, 3.8) is 0 Å². The third-order valence-corrected chi connectivity index (χ3v) is 6.62.